The SMILES string of the molecule is C=CCOC(=O)[C@H](CSSC[C@H](NC(=O)CCn1cccc1)C(=O)OCC=C)NC(=O)CCn1cccc1. The maximum Gasteiger partial charge on any atom is 0.329 e. The maximum atomic E-state index is 12.5. The van der Waals surface area contributed by atoms with Crippen LogP contribution in [0.1, 0.15) is 12.8 Å². The molecule has 10 nitrogen and oxygen atoms in total. The molecule has 0 spiro atoms. The summed E-state index contributed by atoms with van der Waals surface area (Å²) in [6.07, 6.45) is 10.7. The number of esters is 2. The molecule has 0 aromatic carbocycles. The first-order chi connectivity index (χ1) is 18.4. The number of amides is 2. The van der Waals surface area contributed by atoms with Gasteiger partial charge in [0.2, 0.25) is 11.8 Å². The molecule has 0 bridgehead atoms. The Morgan fingerprint density at radius 1 is 0.711 bits per heavy atom. The number of aryl methyl sites for hydroxylation is 2. The van der Waals surface area contributed by atoms with Crippen molar-refractivity contribution in [2.75, 3.05) is 24.7 Å². The van der Waals surface area contributed by atoms with Gasteiger partial charge in [0.1, 0.15) is 25.3 Å². The Bertz CT molecular complexity index is 944. The minimum Gasteiger partial charge on any atom is -0.460 e. The van der Waals surface area contributed by atoms with Crippen LogP contribution in [0.3, 0.4) is 0 Å². The third-order valence-electron chi connectivity index (χ3n) is 5.01. The monoisotopic (exact) mass is 562 g/mol. The molecule has 2 rings (SSSR count). The standard InChI is InChI=1S/C26H34N4O6S2/c1-3-17-35-25(33)21(27-23(31)9-15-29-11-5-6-12-29)19-37-38-20-22(26(34)36-18-4-2)28-24(32)10-16-30-13-7-8-14-30/h3-8,11-14,21-22H,1-2,9-10,15-20H2,(H,27,31)(H,28,32)/t21-,22-/m0/s1. The van der Waals surface area contributed by atoms with Gasteiger partial charge in [-0.2, -0.15) is 0 Å². The molecule has 0 aliphatic heterocycles. The molecule has 0 aliphatic carbocycles. The lowest BCUT2D eigenvalue weighted by molar-refractivity contribution is -0.146. The summed E-state index contributed by atoms with van der Waals surface area (Å²) >= 11 is 0. The van der Waals surface area contributed by atoms with E-state index in [1.54, 1.807) is 0 Å². The van der Waals surface area contributed by atoms with Crippen LogP contribution in [0.15, 0.2) is 74.4 Å². The van der Waals surface area contributed by atoms with Crippen molar-refractivity contribution >= 4 is 45.3 Å². The van der Waals surface area contributed by atoms with Crippen LogP contribution in [0, 0.1) is 0 Å². The van der Waals surface area contributed by atoms with Crippen LogP contribution in [0.2, 0.25) is 0 Å². The van der Waals surface area contributed by atoms with Crippen molar-refractivity contribution in [3.63, 3.8) is 0 Å². The molecule has 0 saturated carbocycles. The third kappa shape index (κ3) is 12.2. The number of ether oxygens (including phenoxy) is 2. The molecule has 12 heteroatoms. The molecule has 0 fully saturated rings. The third-order valence-corrected chi connectivity index (χ3v) is 7.43. The Hall–Kier alpha value is -3.38. The Labute approximate surface area is 230 Å². The molecule has 2 amide bonds. The maximum absolute atomic E-state index is 12.5. The first-order valence-corrected chi connectivity index (χ1v) is 14.5. The molecule has 0 saturated heterocycles. The number of hydrogen-bond donors (Lipinski definition) is 2. The Morgan fingerprint density at radius 2 is 1.08 bits per heavy atom. The summed E-state index contributed by atoms with van der Waals surface area (Å²) in [6.45, 7) is 8.08. The summed E-state index contributed by atoms with van der Waals surface area (Å²) in [4.78, 5) is 49.8. The minimum absolute atomic E-state index is 0.0264. The lowest BCUT2D eigenvalue weighted by Crippen LogP contribution is -2.44. The summed E-state index contributed by atoms with van der Waals surface area (Å²) in [5.41, 5.74) is 0. The highest BCUT2D eigenvalue weighted by molar-refractivity contribution is 8.76. The lowest BCUT2D eigenvalue weighted by Gasteiger charge is -2.19. The fourth-order valence-electron chi connectivity index (χ4n) is 3.09. The predicted octanol–water partition coefficient (Wildman–Crippen LogP) is 2.58. The fourth-order valence-corrected chi connectivity index (χ4v) is 5.38. The second-order valence-corrected chi connectivity index (χ2v) is 10.5. The van der Waals surface area contributed by atoms with Gasteiger partial charge in [0.15, 0.2) is 0 Å². The number of carbonyl (C=O) groups is 4. The van der Waals surface area contributed by atoms with Crippen molar-refractivity contribution in [1.82, 2.24) is 19.8 Å². The molecular formula is C26H34N4O6S2. The average molecular weight is 563 g/mol. The van der Waals surface area contributed by atoms with E-state index in [1.165, 1.54) is 33.7 Å². The molecule has 0 unspecified atom stereocenters. The zero-order valence-corrected chi connectivity index (χ0v) is 22.8. The van der Waals surface area contributed by atoms with E-state index in [2.05, 4.69) is 23.8 Å². The van der Waals surface area contributed by atoms with E-state index in [1.807, 2.05) is 58.2 Å². The van der Waals surface area contributed by atoms with E-state index in [0.717, 1.165) is 0 Å². The van der Waals surface area contributed by atoms with Gasteiger partial charge in [0.25, 0.3) is 0 Å². The largest absolute Gasteiger partial charge is 0.460 e. The van der Waals surface area contributed by atoms with E-state index in [9.17, 15) is 19.2 Å². The summed E-state index contributed by atoms with van der Waals surface area (Å²) in [6, 6.07) is 5.70. The number of nitrogens with zero attached hydrogens (tertiary/aromatic N) is 2. The van der Waals surface area contributed by atoms with E-state index in [4.69, 9.17) is 9.47 Å². The minimum atomic E-state index is -0.882. The smallest absolute Gasteiger partial charge is 0.329 e. The second kappa shape index (κ2) is 18.0. The van der Waals surface area contributed by atoms with Crippen LogP contribution in [0.5, 0.6) is 0 Å². The zero-order chi connectivity index (χ0) is 27.6. The molecule has 2 aromatic rings. The lowest BCUT2D eigenvalue weighted by atomic mass is 10.3. The van der Waals surface area contributed by atoms with Crippen LogP contribution in [0.25, 0.3) is 0 Å². The van der Waals surface area contributed by atoms with Crippen LogP contribution >= 0.6 is 21.6 Å². The Kier molecular flexibility index (Phi) is 14.6. The van der Waals surface area contributed by atoms with E-state index < -0.39 is 24.0 Å². The van der Waals surface area contributed by atoms with E-state index in [0.29, 0.717) is 13.1 Å². The van der Waals surface area contributed by atoms with Crippen LogP contribution in [-0.4, -0.2) is 69.7 Å². The molecule has 206 valence electrons. The van der Waals surface area contributed by atoms with Crippen LogP contribution in [0.4, 0.5) is 0 Å². The van der Waals surface area contributed by atoms with Gasteiger partial charge in [-0.05, 0) is 24.3 Å². The molecule has 2 atom stereocenters. The van der Waals surface area contributed by atoms with Crippen molar-refractivity contribution in [2.45, 2.75) is 38.0 Å². The number of aromatic nitrogens is 2. The molecule has 2 heterocycles. The summed E-state index contributed by atoms with van der Waals surface area (Å²) in [5, 5.41) is 5.44. The van der Waals surface area contributed by atoms with Gasteiger partial charge in [-0.25, -0.2) is 9.59 Å². The van der Waals surface area contributed by atoms with Gasteiger partial charge in [0.05, 0.1) is 0 Å². The molecule has 0 radical (unpaired) electrons. The fraction of sp³-hybridized carbons (Fsp3) is 0.385. The first-order valence-electron chi connectivity index (χ1n) is 12.0. The van der Waals surface area contributed by atoms with Crippen LogP contribution < -0.4 is 10.6 Å². The average Bonchev–Trinajstić information content (AvgIpc) is 3.63. The molecule has 2 N–H and O–H groups in total. The molecule has 38 heavy (non-hydrogen) atoms. The van der Waals surface area contributed by atoms with Crippen molar-refractivity contribution in [3.05, 3.63) is 74.4 Å². The van der Waals surface area contributed by atoms with Crippen molar-refractivity contribution in [3.8, 4) is 0 Å². The van der Waals surface area contributed by atoms with E-state index >= 15 is 0 Å². The topological polar surface area (TPSA) is 121 Å². The van der Waals surface area contributed by atoms with Gasteiger partial charge >= 0.3 is 11.9 Å². The number of carbonyl (C=O) groups excluding carboxylic acids is 4. The second-order valence-electron chi connectivity index (χ2n) is 7.99. The van der Waals surface area contributed by atoms with E-state index in [-0.39, 0.29) is 49.4 Å². The molecule has 2 aromatic heterocycles. The highest BCUT2D eigenvalue weighted by Crippen LogP contribution is 2.24. The summed E-state index contributed by atoms with van der Waals surface area (Å²) in [7, 11) is 2.55. The van der Waals surface area contributed by atoms with Gasteiger partial charge in [-0.3, -0.25) is 9.59 Å². The van der Waals surface area contributed by atoms with Crippen molar-refractivity contribution < 1.29 is 28.7 Å². The Morgan fingerprint density at radius 3 is 1.42 bits per heavy atom. The first kappa shape index (κ1) is 30.8. The number of nitrogens with one attached hydrogen (secondary N) is 2. The Balaban J connectivity index is 1.87. The highest BCUT2D eigenvalue weighted by Gasteiger charge is 2.25. The van der Waals surface area contributed by atoms with Gasteiger partial charge in [-0.15, -0.1) is 0 Å². The van der Waals surface area contributed by atoms with Gasteiger partial charge in [0, 0.05) is 62.2 Å². The van der Waals surface area contributed by atoms with Crippen molar-refractivity contribution in [1.29, 1.82) is 0 Å². The number of hydrogen-bond acceptors (Lipinski definition) is 8. The normalized spacial score (nSPS) is 12.1. The summed E-state index contributed by atoms with van der Waals surface area (Å²) in [5.74, 6) is -1.32. The van der Waals surface area contributed by atoms with Gasteiger partial charge < -0.3 is 29.2 Å². The number of rotatable bonds is 19. The quantitative estimate of drug-likeness (QED) is 0.116. The zero-order valence-electron chi connectivity index (χ0n) is 21.2. The summed E-state index contributed by atoms with van der Waals surface area (Å²) < 4.78 is 14.0. The van der Waals surface area contributed by atoms with Gasteiger partial charge in [-0.1, -0.05) is 46.9 Å². The highest BCUT2D eigenvalue weighted by atomic mass is 33.1. The molecule has 0 aliphatic rings. The van der Waals surface area contributed by atoms with Crippen LogP contribution in [-0.2, 0) is 41.7 Å². The molecular weight excluding hydrogens is 528 g/mol. The van der Waals surface area contributed by atoms with Crippen molar-refractivity contribution in [2.24, 2.45) is 0 Å². The predicted molar refractivity (Wildman–Crippen MR) is 149 cm³/mol.